The first kappa shape index (κ1) is 11.6. The van der Waals surface area contributed by atoms with Crippen LogP contribution in [0.15, 0.2) is 5.38 Å². The van der Waals surface area contributed by atoms with E-state index in [0.29, 0.717) is 18.7 Å². The van der Waals surface area contributed by atoms with Crippen LogP contribution in [-0.2, 0) is 17.8 Å². The van der Waals surface area contributed by atoms with E-state index < -0.39 is 0 Å². The SMILES string of the molecule is NCc1nc(CN2CCOC3CCCC32)cs1. The molecule has 2 heterocycles. The van der Waals surface area contributed by atoms with Crippen LogP contribution in [0.3, 0.4) is 0 Å². The topological polar surface area (TPSA) is 51.4 Å². The van der Waals surface area contributed by atoms with Crippen molar-refractivity contribution in [3.05, 3.63) is 16.1 Å². The second-order valence-electron chi connectivity index (χ2n) is 4.81. The summed E-state index contributed by atoms with van der Waals surface area (Å²) in [5.41, 5.74) is 6.77. The number of rotatable bonds is 3. The van der Waals surface area contributed by atoms with E-state index in [-0.39, 0.29) is 0 Å². The lowest BCUT2D eigenvalue weighted by molar-refractivity contribution is -0.0591. The number of aromatic nitrogens is 1. The highest BCUT2D eigenvalue weighted by Gasteiger charge is 2.35. The molecule has 1 aromatic rings. The maximum atomic E-state index is 5.82. The molecule has 1 aliphatic carbocycles. The summed E-state index contributed by atoms with van der Waals surface area (Å²) in [6.07, 6.45) is 4.28. The van der Waals surface area contributed by atoms with Crippen LogP contribution in [0.2, 0.25) is 0 Å². The van der Waals surface area contributed by atoms with Crippen LogP contribution in [0, 0.1) is 0 Å². The van der Waals surface area contributed by atoms with E-state index in [0.717, 1.165) is 24.7 Å². The Morgan fingerprint density at radius 2 is 2.47 bits per heavy atom. The number of fused-ring (bicyclic) bond motifs is 1. The first-order chi connectivity index (χ1) is 8.36. The minimum absolute atomic E-state index is 0.469. The van der Waals surface area contributed by atoms with E-state index in [1.165, 1.54) is 25.0 Å². The molecule has 2 N–H and O–H groups in total. The third kappa shape index (κ3) is 2.38. The van der Waals surface area contributed by atoms with E-state index in [1.807, 2.05) is 0 Å². The molecule has 0 radical (unpaired) electrons. The predicted molar refractivity (Wildman–Crippen MR) is 67.8 cm³/mol. The van der Waals surface area contributed by atoms with Gasteiger partial charge in [0.2, 0.25) is 0 Å². The third-order valence-corrected chi connectivity index (χ3v) is 4.66. The molecule has 17 heavy (non-hydrogen) atoms. The van der Waals surface area contributed by atoms with Gasteiger partial charge in [-0.05, 0) is 19.3 Å². The molecule has 94 valence electrons. The van der Waals surface area contributed by atoms with Crippen LogP contribution >= 0.6 is 11.3 Å². The number of nitrogens with zero attached hydrogens (tertiary/aromatic N) is 2. The first-order valence-corrected chi connectivity index (χ1v) is 7.24. The molecule has 2 aliphatic rings. The quantitative estimate of drug-likeness (QED) is 0.883. The molecular weight excluding hydrogens is 234 g/mol. The highest BCUT2D eigenvalue weighted by atomic mass is 32.1. The van der Waals surface area contributed by atoms with Gasteiger partial charge in [-0.15, -0.1) is 11.3 Å². The maximum Gasteiger partial charge on any atom is 0.106 e. The van der Waals surface area contributed by atoms with Gasteiger partial charge < -0.3 is 10.5 Å². The normalized spacial score (nSPS) is 29.5. The predicted octanol–water partition coefficient (Wildman–Crippen LogP) is 1.36. The van der Waals surface area contributed by atoms with E-state index >= 15 is 0 Å². The second kappa shape index (κ2) is 5.02. The smallest absolute Gasteiger partial charge is 0.106 e. The first-order valence-electron chi connectivity index (χ1n) is 6.36. The van der Waals surface area contributed by atoms with Crippen LogP contribution in [0.1, 0.15) is 30.0 Å². The zero-order valence-electron chi connectivity index (χ0n) is 9.97. The number of thiazole rings is 1. The summed E-state index contributed by atoms with van der Waals surface area (Å²) < 4.78 is 5.82. The van der Waals surface area contributed by atoms with Crippen molar-refractivity contribution in [3.8, 4) is 0 Å². The van der Waals surface area contributed by atoms with E-state index in [1.54, 1.807) is 11.3 Å². The summed E-state index contributed by atoms with van der Waals surface area (Å²) >= 11 is 1.67. The van der Waals surface area contributed by atoms with E-state index in [4.69, 9.17) is 10.5 Å². The van der Waals surface area contributed by atoms with Crippen LogP contribution < -0.4 is 5.73 Å². The van der Waals surface area contributed by atoms with Gasteiger partial charge in [-0.25, -0.2) is 4.98 Å². The number of hydrogen-bond acceptors (Lipinski definition) is 5. The number of nitrogens with two attached hydrogens (primary N) is 1. The Hall–Kier alpha value is -0.490. The van der Waals surface area contributed by atoms with E-state index in [9.17, 15) is 0 Å². The monoisotopic (exact) mass is 253 g/mol. The average molecular weight is 253 g/mol. The highest BCUT2D eigenvalue weighted by Crippen LogP contribution is 2.30. The summed E-state index contributed by atoms with van der Waals surface area (Å²) in [5.74, 6) is 0. The maximum absolute atomic E-state index is 5.82. The lowest BCUT2D eigenvalue weighted by atomic mass is 10.1. The summed E-state index contributed by atoms with van der Waals surface area (Å²) in [5, 5.41) is 3.18. The van der Waals surface area contributed by atoms with Gasteiger partial charge in [0.1, 0.15) is 5.01 Å². The van der Waals surface area contributed by atoms with Gasteiger partial charge in [0.05, 0.1) is 18.4 Å². The van der Waals surface area contributed by atoms with Gasteiger partial charge in [-0.2, -0.15) is 0 Å². The Bertz CT molecular complexity index is 382. The lowest BCUT2D eigenvalue weighted by Crippen LogP contribution is -2.47. The van der Waals surface area contributed by atoms with Crippen LogP contribution in [0.5, 0.6) is 0 Å². The minimum atomic E-state index is 0.469. The fourth-order valence-corrected chi connectivity index (χ4v) is 3.59. The Balaban J connectivity index is 1.67. The Labute approximate surface area is 106 Å². The molecule has 5 heteroatoms. The van der Waals surface area contributed by atoms with Crippen molar-refractivity contribution >= 4 is 11.3 Å². The van der Waals surface area contributed by atoms with Crippen LogP contribution in [0.4, 0.5) is 0 Å². The number of ether oxygens (including phenoxy) is 1. The molecule has 0 bridgehead atoms. The molecule has 2 fully saturated rings. The Kier molecular flexibility index (Phi) is 3.42. The molecule has 0 aromatic carbocycles. The van der Waals surface area contributed by atoms with Crippen molar-refractivity contribution < 1.29 is 4.74 Å². The highest BCUT2D eigenvalue weighted by molar-refractivity contribution is 7.09. The summed E-state index contributed by atoms with van der Waals surface area (Å²) in [4.78, 5) is 7.09. The van der Waals surface area contributed by atoms with Gasteiger partial charge in [0.15, 0.2) is 0 Å². The average Bonchev–Trinajstić information content (AvgIpc) is 2.97. The number of hydrogen-bond donors (Lipinski definition) is 1. The molecule has 3 rings (SSSR count). The third-order valence-electron chi connectivity index (χ3n) is 3.74. The second-order valence-corrected chi connectivity index (χ2v) is 5.76. The molecule has 0 spiro atoms. The van der Waals surface area contributed by atoms with Crippen LogP contribution in [0.25, 0.3) is 0 Å². The largest absolute Gasteiger partial charge is 0.375 e. The van der Waals surface area contributed by atoms with Crippen molar-refractivity contribution in [2.24, 2.45) is 5.73 Å². The van der Waals surface area contributed by atoms with Gasteiger partial charge in [0, 0.05) is 31.1 Å². The minimum Gasteiger partial charge on any atom is -0.375 e. The molecular formula is C12H19N3OS. The molecule has 2 unspecified atom stereocenters. The zero-order valence-corrected chi connectivity index (χ0v) is 10.8. The van der Waals surface area contributed by atoms with Crippen LogP contribution in [-0.4, -0.2) is 35.2 Å². The fourth-order valence-electron chi connectivity index (χ4n) is 2.93. The zero-order chi connectivity index (χ0) is 11.7. The van der Waals surface area contributed by atoms with Gasteiger partial charge >= 0.3 is 0 Å². The standard InChI is InChI=1S/C12H19N3OS/c13-6-12-14-9(8-17-12)7-15-4-5-16-11-3-1-2-10(11)15/h8,10-11H,1-7,13H2. The Morgan fingerprint density at radius 1 is 1.53 bits per heavy atom. The van der Waals surface area contributed by atoms with Crippen molar-refractivity contribution in [1.82, 2.24) is 9.88 Å². The summed E-state index contributed by atoms with van der Waals surface area (Å²) in [6, 6.07) is 0.617. The Morgan fingerprint density at radius 3 is 3.29 bits per heavy atom. The fraction of sp³-hybridized carbons (Fsp3) is 0.750. The summed E-state index contributed by atoms with van der Waals surface area (Å²) in [6.45, 7) is 3.42. The summed E-state index contributed by atoms with van der Waals surface area (Å²) in [7, 11) is 0. The molecule has 1 aromatic heterocycles. The molecule has 0 amide bonds. The van der Waals surface area contributed by atoms with Crippen molar-refractivity contribution in [2.45, 2.75) is 44.5 Å². The van der Waals surface area contributed by atoms with Crippen molar-refractivity contribution in [2.75, 3.05) is 13.2 Å². The lowest BCUT2D eigenvalue weighted by Gasteiger charge is -2.37. The number of morpholine rings is 1. The van der Waals surface area contributed by atoms with E-state index in [2.05, 4.69) is 15.3 Å². The van der Waals surface area contributed by atoms with Gasteiger partial charge in [-0.3, -0.25) is 4.90 Å². The van der Waals surface area contributed by atoms with Gasteiger partial charge in [0.25, 0.3) is 0 Å². The molecule has 1 saturated carbocycles. The molecule has 1 saturated heterocycles. The van der Waals surface area contributed by atoms with Gasteiger partial charge in [-0.1, -0.05) is 0 Å². The van der Waals surface area contributed by atoms with Crippen molar-refractivity contribution in [3.63, 3.8) is 0 Å². The molecule has 2 atom stereocenters. The molecule has 1 aliphatic heterocycles. The van der Waals surface area contributed by atoms with Crippen molar-refractivity contribution in [1.29, 1.82) is 0 Å². The molecule has 4 nitrogen and oxygen atoms in total.